The Morgan fingerprint density at radius 2 is 1.96 bits per heavy atom. The molecular weight excluding hydrogens is 588 g/mol. The fourth-order valence-electron chi connectivity index (χ4n) is 10.5. The van der Waals surface area contributed by atoms with Crippen LogP contribution in [0.25, 0.3) is 0 Å². The smallest absolute Gasteiger partial charge is 0.246 e. The predicted octanol–water partition coefficient (Wildman–Crippen LogP) is 4.64. The van der Waals surface area contributed by atoms with Crippen LogP contribution < -0.4 is 15.4 Å². The molecule has 7 rings (SSSR count). The maximum Gasteiger partial charge on any atom is 0.246 e. The number of hydrogen-bond donors (Lipinski definition) is 2. The number of hydrogen-bond acceptors (Lipinski definition) is 8. The van der Waals surface area contributed by atoms with E-state index in [9.17, 15) is 10.1 Å². The second-order valence-corrected chi connectivity index (χ2v) is 15.5. The highest BCUT2D eigenvalue weighted by Gasteiger charge is 2.61. The highest BCUT2D eigenvalue weighted by Crippen LogP contribution is 2.53. The van der Waals surface area contributed by atoms with Crippen molar-refractivity contribution in [2.45, 2.75) is 120 Å². The molecule has 0 bridgehead atoms. The fourth-order valence-corrected chi connectivity index (χ4v) is 10.5. The fraction of sp³-hybridized carbons (Fsp3) is 0.737. The van der Waals surface area contributed by atoms with Crippen LogP contribution >= 0.6 is 0 Å². The van der Waals surface area contributed by atoms with Crippen LogP contribution in [0.15, 0.2) is 36.9 Å². The minimum Gasteiger partial charge on any atom is -0.487 e. The van der Waals surface area contributed by atoms with E-state index >= 15 is 0 Å². The molecule has 1 amide bonds. The van der Waals surface area contributed by atoms with E-state index in [0.717, 1.165) is 44.5 Å². The monoisotopic (exact) mass is 644 g/mol. The van der Waals surface area contributed by atoms with Gasteiger partial charge in [0.1, 0.15) is 11.4 Å². The average molecular weight is 645 g/mol. The summed E-state index contributed by atoms with van der Waals surface area (Å²) in [5, 5.41) is 18.1. The van der Waals surface area contributed by atoms with Gasteiger partial charge in [0.25, 0.3) is 0 Å². The minimum atomic E-state index is -0.295. The molecule has 7 unspecified atom stereocenters. The van der Waals surface area contributed by atoms with E-state index in [1.54, 1.807) is 0 Å². The van der Waals surface area contributed by atoms with E-state index in [0.29, 0.717) is 49.9 Å². The van der Waals surface area contributed by atoms with Gasteiger partial charge in [0, 0.05) is 50.0 Å². The standard InChI is InChI=1S/C38H56N6O3/c1-4-35(45)44-22-21-43(25-30(44)17-19-39)38(29-12-6-5-7-13-29)32-16-18-37(27(2)23-28-11-8-9-15-34(28)47-37)24-33(32)40-36(41-38)46-26-31-14-10-20-42(31)3/h4,8-9,11,15,27,29-33,36,40-41H,1,5-7,10,12-14,16-18,20-26H2,2-3H3/t27?,30?,31?,32?,33?,36?,37-,38?/m0/s1. The summed E-state index contributed by atoms with van der Waals surface area (Å²) < 4.78 is 13.9. The number of rotatable bonds is 7. The molecule has 6 aliphatic rings. The highest BCUT2D eigenvalue weighted by atomic mass is 16.5. The number of nitrogens with zero attached hydrogens (tertiary/aromatic N) is 4. The molecule has 8 atom stereocenters. The maximum atomic E-state index is 12.9. The third kappa shape index (κ3) is 6.14. The second-order valence-electron chi connectivity index (χ2n) is 15.5. The number of piperazine rings is 1. The Bertz CT molecular complexity index is 1330. The summed E-state index contributed by atoms with van der Waals surface area (Å²) in [7, 11) is 2.22. The summed E-state index contributed by atoms with van der Waals surface area (Å²) in [6.45, 7) is 10.1. The molecule has 4 aliphatic heterocycles. The Morgan fingerprint density at radius 3 is 2.72 bits per heavy atom. The summed E-state index contributed by atoms with van der Waals surface area (Å²) >= 11 is 0. The molecule has 0 radical (unpaired) electrons. The number of ether oxygens (including phenoxy) is 2. The van der Waals surface area contributed by atoms with Gasteiger partial charge in [-0.2, -0.15) is 5.26 Å². The lowest BCUT2D eigenvalue weighted by Gasteiger charge is -2.65. The lowest BCUT2D eigenvalue weighted by atomic mass is 9.60. The molecule has 0 aromatic heterocycles. The zero-order chi connectivity index (χ0) is 32.6. The van der Waals surface area contributed by atoms with Gasteiger partial charge in [-0.3, -0.25) is 20.3 Å². The van der Waals surface area contributed by atoms with E-state index in [2.05, 4.69) is 71.3 Å². The van der Waals surface area contributed by atoms with E-state index in [1.165, 1.54) is 56.6 Å². The van der Waals surface area contributed by atoms with Crippen LogP contribution in [0.5, 0.6) is 5.75 Å². The lowest BCUT2D eigenvalue weighted by Crippen LogP contribution is -2.82. The van der Waals surface area contributed by atoms with Gasteiger partial charge >= 0.3 is 0 Å². The van der Waals surface area contributed by atoms with Crippen molar-refractivity contribution in [2.75, 3.05) is 39.8 Å². The molecular formula is C38H56N6O3. The van der Waals surface area contributed by atoms with Gasteiger partial charge in [-0.15, -0.1) is 0 Å². The summed E-state index contributed by atoms with van der Waals surface area (Å²) in [5.74, 6) is 2.21. The van der Waals surface area contributed by atoms with E-state index in [1.807, 2.05) is 4.90 Å². The Hall–Kier alpha value is -2.48. The minimum absolute atomic E-state index is 0.0713. The number of amides is 1. The zero-order valence-corrected chi connectivity index (χ0v) is 28.7. The van der Waals surface area contributed by atoms with Crippen LogP contribution in [0.4, 0.5) is 0 Å². The van der Waals surface area contributed by atoms with Crippen LogP contribution in [0, 0.1) is 29.1 Å². The zero-order valence-electron chi connectivity index (χ0n) is 28.7. The molecule has 2 saturated carbocycles. The Morgan fingerprint density at radius 1 is 1.13 bits per heavy atom. The third-order valence-corrected chi connectivity index (χ3v) is 13.1. The molecule has 2 N–H and O–H groups in total. The molecule has 9 nitrogen and oxygen atoms in total. The largest absolute Gasteiger partial charge is 0.487 e. The quantitative estimate of drug-likeness (QED) is 0.415. The van der Waals surface area contributed by atoms with Crippen molar-refractivity contribution in [3.63, 3.8) is 0 Å². The first-order valence-electron chi connectivity index (χ1n) is 18.5. The van der Waals surface area contributed by atoms with Crippen LogP contribution in [-0.4, -0.2) is 96.2 Å². The molecule has 1 aromatic carbocycles. The molecule has 1 spiro atoms. The van der Waals surface area contributed by atoms with Crippen molar-refractivity contribution in [3.05, 3.63) is 42.5 Å². The Balaban J connectivity index is 1.24. The number of nitriles is 1. The van der Waals surface area contributed by atoms with Gasteiger partial charge in [-0.25, -0.2) is 0 Å². The number of benzene rings is 1. The van der Waals surface area contributed by atoms with Crippen molar-refractivity contribution in [1.29, 1.82) is 5.26 Å². The molecule has 4 heterocycles. The maximum absolute atomic E-state index is 12.9. The number of fused-ring (bicyclic) bond motifs is 2. The number of likely N-dealkylation sites (tertiary alicyclic amines) is 1. The Kier molecular flexibility index (Phi) is 9.70. The summed E-state index contributed by atoms with van der Waals surface area (Å²) in [5.41, 5.74) is 0.809. The van der Waals surface area contributed by atoms with E-state index < -0.39 is 0 Å². The van der Waals surface area contributed by atoms with Gasteiger partial charge in [0.05, 0.1) is 30.8 Å². The predicted molar refractivity (Wildman–Crippen MR) is 182 cm³/mol. The first kappa shape index (κ1) is 33.0. The van der Waals surface area contributed by atoms with Gasteiger partial charge < -0.3 is 19.3 Å². The molecule has 47 heavy (non-hydrogen) atoms. The van der Waals surface area contributed by atoms with Crippen molar-refractivity contribution in [3.8, 4) is 11.8 Å². The number of nitrogens with one attached hydrogen (secondary N) is 2. The molecule has 3 saturated heterocycles. The number of carbonyl (C=O) groups is 1. The van der Waals surface area contributed by atoms with Crippen LogP contribution in [0.3, 0.4) is 0 Å². The van der Waals surface area contributed by atoms with E-state index in [-0.39, 0.29) is 35.6 Å². The lowest BCUT2D eigenvalue weighted by molar-refractivity contribution is -0.196. The summed E-state index contributed by atoms with van der Waals surface area (Å²) in [6, 6.07) is 11.5. The number of carbonyl (C=O) groups excluding carboxylic acids is 1. The number of para-hydroxylation sites is 1. The summed E-state index contributed by atoms with van der Waals surface area (Å²) in [4.78, 5) is 19.9. The van der Waals surface area contributed by atoms with E-state index in [4.69, 9.17) is 9.47 Å². The van der Waals surface area contributed by atoms with Gasteiger partial charge in [0.15, 0.2) is 6.35 Å². The van der Waals surface area contributed by atoms with Gasteiger partial charge in [-0.05, 0) is 82.2 Å². The normalized spacial score (nSPS) is 38.3. The van der Waals surface area contributed by atoms with Gasteiger partial charge in [-0.1, -0.05) is 51.0 Å². The number of likely N-dealkylation sites (N-methyl/N-ethyl adjacent to an activating group) is 1. The van der Waals surface area contributed by atoms with Crippen molar-refractivity contribution >= 4 is 5.91 Å². The summed E-state index contributed by atoms with van der Waals surface area (Å²) in [6.07, 6.45) is 14.1. The van der Waals surface area contributed by atoms with Crippen LogP contribution in [0.1, 0.15) is 83.1 Å². The van der Waals surface area contributed by atoms with Crippen molar-refractivity contribution in [2.24, 2.45) is 17.8 Å². The van der Waals surface area contributed by atoms with Crippen molar-refractivity contribution in [1.82, 2.24) is 25.3 Å². The van der Waals surface area contributed by atoms with Crippen LogP contribution in [-0.2, 0) is 16.0 Å². The van der Waals surface area contributed by atoms with Crippen LogP contribution in [0.2, 0.25) is 0 Å². The first-order chi connectivity index (χ1) is 22.9. The highest BCUT2D eigenvalue weighted by molar-refractivity contribution is 5.87. The van der Waals surface area contributed by atoms with Gasteiger partial charge in [0.2, 0.25) is 5.91 Å². The topological polar surface area (TPSA) is 93.1 Å². The molecule has 5 fully saturated rings. The average Bonchev–Trinajstić information content (AvgIpc) is 3.51. The SMILES string of the molecule is C=CC(=O)N1CCN(C2(C3CCCCC3)NC(OCC3CCCN3C)NC3C[C@]4(CCC32)Oc2ccccc2CC4C)CC1CC#N. The second kappa shape index (κ2) is 13.8. The molecule has 9 heteroatoms. The first-order valence-corrected chi connectivity index (χ1v) is 18.5. The molecule has 256 valence electrons. The Labute approximate surface area is 282 Å². The van der Waals surface area contributed by atoms with Crippen molar-refractivity contribution < 1.29 is 14.3 Å². The third-order valence-electron chi connectivity index (χ3n) is 13.1. The molecule has 1 aromatic rings. The molecule has 2 aliphatic carbocycles.